The maximum Gasteiger partial charge on any atom is 0.235 e. The predicted octanol–water partition coefficient (Wildman–Crippen LogP) is 2.03. The number of aliphatic hydroxyl groups excluding tert-OH is 1. The molecule has 11 heteroatoms. The van der Waals surface area contributed by atoms with Crippen molar-refractivity contribution in [3.8, 4) is 11.6 Å². The molecule has 0 aromatic carbocycles. The molecule has 0 spiro atoms. The van der Waals surface area contributed by atoms with E-state index in [0.717, 1.165) is 59.0 Å². The number of aliphatic hydroxyl groups is 1. The van der Waals surface area contributed by atoms with Gasteiger partial charge in [0.25, 0.3) is 0 Å². The molecule has 6 rings (SSSR count). The number of hydrogen-bond donors (Lipinski definition) is 3. The molecule has 3 atom stereocenters. The Hall–Kier alpha value is -2.99. The second-order valence-electron chi connectivity index (χ2n) is 9.73. The highest BCUT2D eigenvalue weighted by Crippen LogP contribution is 2.39. The summed E-state index contributed by atoms with van der Waals surface area (Å²) in [5.41, 5.74) is 3.64. The first kappa shape index (κ1) is 24.4. The molecule has 3 aliphatic rings. The van der Waals surface area contributed by atoms with Crippen molar-refractivity contribution in [2.45, 2.75) is 29.8 Å². The van der Waals surface area contributed by atoms with Crippen LogP contribution >= 0.6 is 11.8 Å². The van der Waals surface area contributed by atoms with Crippen molar-refractivity contribution in [2.75, 3.05) is 51.0 Å². The first-order valence-corrected chi connectivity index (χ1v) is 13.6. The molecule has 1 saturated heterocycles. The zero-order valence-corrected chi connectivity index (χ0v) is 21.5. The lowest BCUT2D eigenvalue weighted by Crippen LogP contribution is -2.51. The average molecular weight is 523 g/mol. The molecule has 1 fully saturated rings. The molecule has 3 aromatic rings. The number of pyridine rings is 3. The van der Waals surface area contributed by atoms with Crippen LogP contribution in [0.2, 0.25) is 0 Å². The first-order chi connectivity index (χ1) is 18.1. The molecule has 3 aromatic heterocycles. The average Bonchev–Trinajstić information content (AvgIpc) is 3.34. The third kappa shape index (κ3) is 4.96. The molecule has 3 aliphatic heterocycles. The normalized spacial score (nSPS) is 23.3. The Bertz CT molecular complexity index is 1320. The SMILES string of the molecule is COc1ccc2ncc3c(c2n1)C(CN1CC[C@H](NCc2ccc4c(n2)NC(=O)CS4)[C@H](CO)C1)CO3. The van der Waals surface area contributed by atoms with E-state index in [1.807, 2.05) is 24.3 Å². The second-order valence-corrected chi connectivity index (χ2v) is 10.7. The molecular weight excluding hydrogens is 492 g/mol. The van der Waals surface area contributed by atoms with E-state index < -0.39 is 0 Å². The van der Waals surface area contributed by atoms with Crippen molar-refractivity contribution >= 4 is 34.5 Å². The Labute approximate surface area is 219 Å². The summed E-state index contributed by atoms with van der Waals surface area (Å²) in [5.74, 6) is 2.70. The Balaban J connectivity index is 1.10. The van der Waals surface area contributed by atoms with Gasteiger partial charge in [0.05, 0.1) is 41.8 Å². The van der Waals surface area contributed by atoms with Crippen molar-refractivity contribution < 1.29 is 19.4 Å². The third-order valence-electron chi connectivity index (χ3n) is 7.36. The van der Waals surface area contributed by atoms with Gasteiger partial charge in [-0.1, -0.05) is 0 Å². The minimum atomic E-state index is -0.0164. The maximum atomic E-state index is 11.7. The van der Waals surface area contributed by atoms with Crippen molar-refractivity contribution in [1.29, 1.82) is 0 Å². The fourth-order valence-corrected chi connectivity index (χ4v) is 6.23. The largest absolute Gasteiger partial charge is 0.491 e. The number of ether oxygens (including phenoxy) is 2. The number of thioether (sulfide) groups is 1. The van der Waals surface area contributed by atoms with E-state index in [1.54, 1.807) is 13.3 Å². The number of fused-ring (bicyclic) bond motifs is 4. The zero-order valence-electron chi connectivity index (χ0n) is 20.6. The third-order valence-corrected chi connectivity index (χ3v) is 8.40. The quantitative estimate of drug-likeness (QED) is 0.425. The number of methoxy groups -OCH3 is 1. The van der Waals surface area contributed by atoms with E-state index in [2.05, 4.69) is 30.5 Å². The van der Waals surface area contributed by atoms with E-state index in [9.17, 15) is 9.90 Å². The maximum absolute atomic E-state index is 11.7. The number of carbonyl (C=O) groups is 1. The lowest BCUT2D eigenvalue weighted by Gasteiger charge is -2.39. The van der Waals surface area contributed by atoms with Gasteiger partial charge < -0.3 is 30.1 Å². The van der Waals surface area contributed by atoms with E-state index in [-0.39, 0.29) is 30.4 Å². The van der Waals surface area contributed by atoms with Gasteiger partial charge in [-0.3, -0.25) is 9.78 Å². The van der Waals surface area contributed by atoms with Crippen LogP contribution in [0.5, 0.6) is 11.6 Å². The lowest BCUT2D eigenvalue weighted by molar-refractivity contribution is -0.113. The van der Waals surface area contributed by atoms with E-state index >= 15 is 0 Å². The number of hydrogen-bond acceptors (Lipinski definition) is 10. The molecule has 1 unspecified atom stereocenters. The van der Waals surface area contributed by atoms with Gasteiger partial charge in [0, 0.05) is 55.7 Å². The Morgan fingerprint density at radius 3 is 3.08 bits per heavy atom. The van der Waals surface area contributed by atoms with Crippen LogP contribution in [0.3, 0.4) is 0 Å². The number of piperidine rings is 1. The number of amides is 1. The fraction of sp³-hybridized carbons (Fsp3) is 0.462. The molecule has 3 N–H and O–H groups in total. The Kier molecular flexibility index (Phi) is 6.85. The van der Waals surface area contributed by atoms with Crippen LogP contribution in [0.25, 0.3) is 11.0 Å². The van der Waals surface area contributed by atoms with Crippen molar-refractivity contribution in [2.24, 2.45) is 5.92 Å². The number of anilines is 1. The molecule has 0 saturated carbocycles. The number of nitrogens with one attached hydrogen (secondary N) is 2. The predicted molar refractivity (Wildman–Crippen MR) is 140 cm³/mol. The first-order valence-electron chi connectivity index (χ1n) is 12.6. The van der Waals surface area contributed by atoms with Gasteiger partial charge in [0.15, 0.2) is 0 Å². The van der Waals surface area contributed by atoms with Gasteiger partial charge in [0.2, 0.25) is 11.8 Å². The highest BCUT2D eigenvalue weighted by atomic mass is 32.2. The number of nitrogens with zero attached hydrogens (tertiary/aromatic N) is 4. The fourth-order valence-electron chi connectivity index (χ4n) is 5.47. The highest BCUT2D eigenvalue weighted by molar-refractivity contribution is 8.00. The van der Waals surface area contributed by atoms with Gasteiger partial charge in [-0.15, -0.1) is 11.8 Å². The topological polar surface area (TPSA) is 122 Å². The summed E-state index contributed by atoms with van der Waals surface area (Å²) in [5, 5.41) is 16.6. The molecular formula is C26H30N6O4S. The number of aromatic nitrogens is 3. The summed E-state index contributed by atoms with van der Waals surface area (Å²) in [6.45, 7) is 3.84. The molecule has 0 bridgehead atoms. The van der Waals surface area contributed by atoms with Crippen molar-refractivity contribution in [1.82, 2.24) is 25.2 Å². The minimum absolute atomic E-state index is 0.0164. The highest BCUT2D eigenvalue weighted by Gasteiger charge is 2.34. The molecule has 0 aliphatic carbocycles. The summed E-state index contributed by atoms with van der Waals surface area (Å²) in [6, 6.07) is 7.95. The summed E-state index contributed by atoms with van der Waals surface area (Å²) in [4.78, 5) is 28.9. The molecule has 0 radical (unpaired) electrons. The number of rotatable bonds is 7. The van der Waals surface area contributed by atoms with Gasteiger partial charge in [-0.2, -0.15) is 0 Å². The van der Waals surface area contributed by atoms with Crippen LogP contribution in [0.15, 0.2) is 35.4 Å². The Morgan fingerprint density at radius 2 is 2.22 bits per heavy atom. The van der Waals surface area contributed by atoms with Crippen LogP contribution in [0, 0.1) is 5.92 Å². The van der Waals surface area contributed by atoms with Crippen molar-refractivity contribution in [3.05, 3.63) is 41.7 Å². The van der Waals surface area contributed by atoms with Gasteiger partial charge in [-0.05, 0) is 31.2 Å². The number of carbonyl (C=O) groups excluding carboxylic acids is 1. The molecule has 10 nitrogen and oxygen atoms in total. The minimum Gasteiger partial charge on any atom is -0.491 e. The molecule has 6 heterocycles. The summed E-state index contributed by atoms with van der Waals surface area (Å²) in [6.07, 6.45) is 2.71. The lowest BCUT2D eigenvalue weighted by atomic mass is 9.91. The van der Waals surface area contributed by atoms with Crippen LogP contribution in [0.4, 0.5) is 5.82 Å². The standard InChI is InChI=1S/C26H30N6O4S/c1-35-23-5-3-19-25(31-23)24-16(13-36-20(24)9-28-19)11-32-7-6-18(15(10-32)12-33)27-8-17-2-4-21-26(29-17)30-22(34)14-37-21/h2-5,9,15-16,18,27,33H,6-8,10-14H2,1H3,(H,29,30,34)/t15-,16?,18-/m0/s1. The van der Waals surface area contributed by atoms with E-state index in [1.165, 1.54) is 11.8 Å². The summed E-state index contributed by atoms with van der Waals surface area (Å²) < 4.78 is 11.3. The zero-order chi connectivity index (χ0) is 25.4. The monoisotopic (exact) mass is 522 g/mol. The summed E-state index contributed by atoms with van der Waals surface area (Å²) >= 11 is 1.51. The van der Waals surface area contributed by atoms with Crippen LogP contribution in [-0.4, -0.2) is 82.6 Å². The van der Waals surface area contributed by atoms with E-state index in [4.69, 9.17) is 9.47 Å². The van der Waals surface area contributed by atoms with Crippen molar-refractivity contribution in [3.63, 3.8) is 0 Å². The second kappa shape index (κ2) is 10.4. The summed E-state index contributed by atoms with van der Waals surface area (Å²) in [7, 11) is 1.62. The van der Waals surface area contributed by atoms with Crippen LogP contribution in [0.1, 0.15) is 23.6 Å². The van der Waals surface area contributed by atoms with Crippen LogP contribution < -0.4 is 20.1 Å². The van der Waals surface area contributed by atoms with Gasteiger partial charge in [0.1, 0.15) is 17.1 Å². The van der Waals surface area contributed by atoms with E-state index in [0.29, 0.717) is 30.6 Å². The molecule has 37 heavy (non-hydrogen) atoms. The molecule has 1 amide bonds. The Morgan fingerprint density at radius 1 is 1.30 bits per heavy atom. The van der Waals surface area contributed by atoms with Gasteiger partial charge >= 0.3 is 0 Å². The van der Waals surface area contributed by atoms with Crippen LogP contribution in [-0.2, 0) is 11.3 Å². The number of likely N-dealkylation sites (tertiary alicyclic amines) is 1. The smallest absolute Gasteiger partial charge is 0.235 e. The van der Waals surface area contributed by atoms with Gasteiger partial charge in [-0.25, -0.2) is 9.97 Å². The molecule has 194 valence electrons.